The largest absolute Gasteiger partial charge is 0.396 e. The van der Waals surface area contributed by atoms with Crippen molar-refractivity contribution in [2.75, 3.05) is 23.8 Å². The highest BCUT2D eigenvalue weighted by molar-refractivity contribution is 5.88. The van der Waals surface area contributed by atoms with Crippen LogP contribution in [-0.2, 0) is 6.54 Å². The van der Waals surface area contributed by atoms with Crippen molar-refractivity contribution < 1.29 is 5.11 Å². The number of anilines is 2. The summed E-state index contributed by atoms with van der Waals surface area (Å²) < 4.78 is 0. The standard InChI is InChI=1S/C18H24N6O/c1-12(2)14-15-16(24-23-14)17(20-11-13-7-4-3-5-8-13)22-18(21-15)19-9-6-10-25/h3-5,7-8,12,25H,6,9-11H2,1-2H3,(H,23,24)(H2,19,20,21,22). The molecule has 0 radical (unpaired) electrons. The normalized spacial score (nSPS) is 11.2. The Morgan fingerprint density at radius 3 is 2.60 bits per heavy atom. The van der Waals surface area contributed by atoms with Gasteiger partial charge < -0.3 is 15.7 Å². The molecule has 0 amide bonds. The maximum atomic E-state index is 8.96. The first-order chi connectivity index (χ1) is 12.2. The molecule has 0 saturated heterocycles. The summed E-state index contributed by atoms with van der Waals surface area (Å²) in [5.41, 5.74) is 3.73. The van der Waals surface area contributed by atoms with E-state index in [1.54, 1.807) is 0 Å². The molecule has 0 aliphatic carbocycles. The number of nitrogens with zero attached hydrogens (tertiary/aromatic N) is 3. The number of rotatable bonds is 8. The third kappa shape index (κ3) is 4.06. The molecule has 3 aromatic rings. The van der Waals surface area contributed by atoms with Crippen molar-refractivity contribution in [2.24, 2.45) is 0 Å². The zero-order chi connectivity index (χ0) is 17.6. The number of nitrogens with one attached hydrogen (secondary N) is 3. The molecule has 0 bridgehead atoms. The van der Waals surface area contributed by atoms with Gasteiger partial charge in [0, 0.05) is 19.7 Å². The lowest BCUT2D eigenvalue weighted by molar-refractivity contribution is 0.292. The van der Waals surface area contributed by atoms with Crippen LogP contribution in [-0.4, -0.2) is 38.4 Å². The first kappa shape index (κ1) is 17.2. The van der Waals surface area contributed by atoms with Gasteiger partial charge in [0.25, 0.3) is 0 Å². The van der Waals surface area contributed by atoms with Gasteiger partial charge in [-0.2, -0.15) is 10.1 Å². The molecule has 0 aliphatic heterocycles. The van der Waals surface area contributed by atoms with Gasteiger partial charge in [0.05, 0.1) is 5.69 Å². The fraction of sp³-hybridized carbons (Fsp3) is 0.389. The molecule has 7 heteroatoms. The van der Waals surface area contributed by atoms with Crippen LogP contribution < -0.4 is 10.6 Å². The van der Waals surface area contributed by atoms with Crippen LogP contribution in [0.5, 0.6) is 0 Å². The Morgan fingerprint density at radius 1 is 1.08 bits per heavy atom. The highest BCUT2D eigenvalue weighted by atomic mass is 16.3. The van der Waals surface area contributed by atoms with Crippen LogP contribution in [0.15, 0.2) is 30.3 Å². The van der Waals surface area contributed by atoms with Crippen LogP contribution in [0.3, 0.4) is 0 Å². The Labute approximate surface area is 146 Å². The molecule has 2 aromatic heterocycles. The average molecular weight is 340 g/mol. The van der Waals surface area contributed by atoms with E-state index < -0.39 is 0 Å². The zero-order valence-corrected chi connectivity index (χ0v) is 14.6. The summed E-state index contributed by atoms with van der Waals surface area (Å²) in [7, 11) is 0. The highest BCUT2D eigenvalue weighted by Gasteiger charge is 2.16. The van der Waals surface area contributed by atoms with Crippen LogP contribution in [0.4, 0.5) is 11.8 Å². The fourth-order valence-electron chi connectivity index (χ4n) is 2.58. The Hall–Kier alpha value is -2.67. The van der Waals surface area contributed by atoms with Crippen molar-refractivity contribution in [1.29, 1.82) is 0 Å². The van der Waals surface area contributed by atoms with Gasteiger partial charge in [0.15, 0.2) is 11.3 Å². The van der Waals surface area contributed by atoms with E-state index in [4.69, 9.17) is 5.11 Å². The minimum atomic E-state index is 0.136. The van der Waals surface area contributed by atoms with E-state index >= 15 is 0 Å². The quantitative estimate of drug-likeness (QED) is 0.471. The van der Waals surface area contributed by atoms with Gasteiger partial charge >= 0.3 is 0 Å². The Balaban J connectivity index is 1.91. The topological polar surface area (TPSA) is 98.8 Å². The Morgan fingerprint density at radius 2 is 1.88 bits per heavy atom. The number of hydrogen-bond acceptors (Lipinski definition) is 6. The average Bonchev–Trinajstić information content (AvgIpc) is 3.05. The summed E-state index contributed by atoms with van der Waals surface area (Å²) in [5, 5.41) is 23.0. The summed E-state index contributed by atoms with van der Waals surface area (Å²) in [6.07, 6.45) is 0.649. The van der Waals surface area contributed by atoms with E-state index in [0.717, 1.165) is 16.7 Å². The minimum absolute atomic E-state index is 0.136. The molecular formula is C18H24N6O. The third-order valence-corrected chi connectivity index (χ3v) is 3.93. The van der Waals surface area contributed by atoms with Crippen molar-refractivity contribution in [3.63, 3.8) is 0 Å². The van der Waals surface area contributed by atoms with Crippen LogP contribution in [0.1, 0.15) is 37.4 Å². The molecule has 0 aliphatic rings. The van der Waals surface area contributed by atoms with Gasteiger partial charge in [0.2, 0.25) is 5.95 Å². The smallest absolute Gasteiger partial charge is 0.225 e. The van der Waals surface area contributed by atoms with E-state index in [-0.39, 0.29) is 12.5 Å². The first-order valence-corrected chi connectivity index (χ1v) is 8.57. The van der Waals surface area contributed by atoms with Crippen molar-refractivity contribution in [1.82, 2.24) is 20.2 Å². The molecule has 0 unspecified atom stereocenters. The number of aliphatic hydroxyl groups is 1. The molecule has 0 fully saturated rings. The fourth-order valence-corrected chi connectivity index (χ4v) is 2.58. The SMILES string of the molecule is CC(C)c1[nH]nc2c(NCc3ccccc3)nc(NCCCO)nc12. The van der Waals surface area contributed by atoms with E-state index in [9.17, 15) is 0 Å². The molecular weight excluding hydrogens is 316 g/mol. The number of hydrogen-bond donors (Lipinski definition) is 4. The molecule has 1 aromatic carbocycles. The lowest BCUT2D eigenvalue weighted by atomic mass is 10.1. The third-order valence-electron chi connectivity index (χ3n) is 3.93. The number of fused-ring (bicyclic) bond motifs is 1. The number of benzene rings is 1. The maximum Gasteiger partial charge on any atom is 0.225 e. The van der Waals surface area contributed by atoms with E-state index in [1.165, 1.54) is 5.56 Å². The van der Waals surface area contributed by atoms with Gasteiger partial charge in [-0.3, -0.25) is 5.10 Å². The minimum Gasteiger partial charge on any atom is -0.396 e. The Bertz CT molecular complexity index is 815. The first-order valence-electron chi connectivity index (χ1n) is 8.57. The molecule has 0 atom stereocenters. The predicted octanol–water partition coefficient (Wildman–Crippen LogP) is 2.88. The summed E-state index contributed by atoms with van der Waals surface area (Å²) >= 11 is 0. The summed E-state index contributed by atoms with van der Waals surface area (Å²) in [4.78, 5) is 9.17. The van der Waals surface area contributed by atoms with Gasteiger partial charge in [-0.05, 0) is 17.9 Å². The number of aromatic nitrogens is 4. The Kier molecular flexibility index (Phi) is 5.45. The molecule has 7 nitrogen and oxygen atoms in total. The molecule has 2 heterocycles. The second-order valence-corrected chi connectivity index (χ2v) is 6.23. The van der Waals surface area contributed by atoms with Gasteiger partial charge in [0.1, 0.15) is 5.52 Å². The molecule has 0 spiro atoms. The van der Waals surface area contributed by atoms with Crippen LogP contribution in [0, 0.1) is 0 Å². The van der Waals surface area contributed by atoms with Gasteiger partial charge in [-0.15, -0.1) is 0 Å². The van der Waals surface area contributed by atoms with Crippen LogP contribution >= 0.6 is 0 Å². The van der Waals surface area contributed by atoms with Gasteiger partial charge in [-0.1, -0.05) is 44.2 Å². The lowest BCUT2D eigenvalue weighted by Crippen LogP contribution is -2.10. The monoisotopic (exact) mass is 340 g/mol. The molecule has 4 N–H and O–H groups in total. The second kappa shape index (κ2) is 7.94. The van der Waals surface area contributed by atoms with Crippen molar-refractivity contribution in [3.05, 3.63) is 41.6 Å². The van der Waals surface area contributed by atoms with E-state index in [1.807, 2.05) is 18.2 Å². The van der Waals surface area contributed by atoms with E-state index in [0.29, 0.717) is 31.3 Å². The zero-order valence-electron chi connectivity index (χ0n) is 14.6. The summed E-state index contributed by atoms with van der Waals surface area (Å²) in [6, 6.07) is 10.2. The second-order valence-electron chi connectivity index (χ2n) is 6.23. The summed E-state index contributed by atoms with van der Waals surface area (Å²) in [5.74, 6) is 1.52. The van der Waals surface area contributed by atoms with E-state index in [2.05, 4.69) is 56.8 Å². The number of H-pyrrole nitrogens is 1. The van der Waals surface area contributed by atoms with Crippen molar-refractivity contribution >= 4 is 22.8 Å². The molecule has 132 valence electrons. The molecule has 0 saturated carbocycles. The maximum absolute atomic E-state index is 8.96. The van der Waals surface area contributed by atoms with Crippen molar-refractivity contribution in [2.45, 2.75) is 32.7 Å². The molecule has 25 heavy (non-hydrogen) atoms. The van der Waals surface area contributed by atoms with Crippen LogP contribution in [0.25, 0.3) is 11.0 Å². The molecule has 3 rings (SSSR count). The number of aromatic amines is 1. The summed E-state index contributed by atoms with van der Waals surface area (Å²) in [6.45, 7) is 5.62. The van der Waals surface area contributed by atoms with Gasteiger partial charge in [-0.25, -0.2) is 4.98 Å². The van der Waals surface area contributed by atoms with Crippen molar-refractivity contribution in [3.8, 4) is 0 Å². The number of aliphatic hydroxyl groups excluding tert-OH is 1. The lowest BCUT2D eigenvalue weighted by Gasteiger charge is -2.10. The predicted molar refractivity (Wildman–Crippen MR) is 99.7 cm³/mol. The highest BCUT2D eigenvalue weighted by Crippen LogP contribution is 2.27. The van der Waals surface area contributed by atoms with Crippen LogP contribution in [0.2, 0.25) is 0 Å².